The van der Waals surface area contributed by atoms with Gasteiger partial charge in [0.25, 0.3) is 0 Å². The van der Waals surface area contributed by atoms with E-state index in [0.29, 0.717) is 12.6 Å². The van der Waals surface area contributed by atoms with Gasteiger partial charge in [0.1, 0.15) is 0 Å². The van der Waals surface area contributed by atoms with E-state index in [1.807, 2.05) is 17.1 Å². The minimum Gasteiger partial charge on any atom is -0.383 e. The molecule has 0 amide bonds. The van der Waals surface area contributed by atoms with E-state index in [4.69, 9.17) is 9.47 Å². The number of anilines is 1. The number of hydrogen-bond acceptors (Lipinski definition) is 4. The minimum atomic E-state index is 0.425. The number of nitrogens with zero attached hydrogens (tertiary/aromatic N) is 2. The highest BCUT2D eigenvalue weighted by atomic mass is 16.5. The van der Waals surface area contributed by atoms with Crippen LogP contribution in [-0.4, -0.2) is 42.8 Å². The highest BCUT2D eigenvalue weighted by Gasteiger charge is 2.13. The molecule has 1 unspecified atom stereocenters. The zero-order valence-electron chi connectivity index (χ0n) is 9.69. The van der Waals surface area contributed by atoms with Crippen LogP contribution in [0.15, 0.2) is 12.4 Å². The molecular formula is C11H19N3O2. The summed E-state index contributed by atoms with van der Waals surface area (Å²) >= 11 is 0. The summed E-state index contributed by atoms with van der Waals surface area (Å²) in [5.74, 6) is 0. The quantitative estimate of drug-likeness (QED) is 0.815. The molecule has 16 heavy (non-hydrogen) atoms. The molecule has 1 fully saturated rings. The molecule has 0 bridgehead atoms. The lowest BCUT2D eigenvalue weighted by Crippen LogP contribution is -2.29. The summed E-state index contributed by atoms with van der Waals surface area (Å²) in [4.78, 5) is 0. The molecule has 0 aromatic carbocycles. The van der Waals surface area contributed by atoms with E-state index in [0.717, 1.165) is 31.9 Å². The standard InChI is InChI=1S/C11H19N3O2/c1-15-6-4-14-8-11(7-12-14)13-10-3-2-5-16-9-10/h7-8,10,13H,2-6,9H2,1H3. The SMILES string of the molecule is COCCn1cc(NC2CCCOC2)cn1. The van der Waals surface area contributed by atoms with Gasteiger partial charge in [-0.15, -0.1) is 0 Å². The smallest absolute Gasteiger partial charge is 0.0729 e. The molecule has 5 heteroatoms. The Balaban J connectivity index is 1.81. The van der Waals surface area contributed by atoms with Gasteiger partial charge in [-0.2, -0.15) is 5.10 Å². The largest absolute Gasteiger partial charge is 0.383 e. The van der Waals surface area contributed by atoms with Crippen LogP contribution < -0.4 is 5.32 Å². The van der Waals surface area contributed by atoms with Gasteiger partial charge in [-0.1, -0.05) is 0 Å². The Bertz CT molecular complexity index is 308. The summed E-state index contributed by atoms with van der Waals surface area (Å²) in [6.45, 7) is 3.17. The van der Waals surface area contributed by atoms with Gasteiger partial charge in [0.15, 0.2) is 0 Å². The van der Waals surface area contributed by atoms with Gasteiger partial charge in [-0.05, 0) is 12.8 Å². The molecule has 1 N–H and O–H groups in total. The fraction of sp³-hybridized carbons (Fsp3) is 0.727. The lowest BCUT2D eigenvalue weighted by atomic mass is 10.1. The number of rotatable bonds is 5. The van der Waals surface area contributed by atoms with Crippen LogP contribution in [0.3, 0.4) is 0 Å². The van der Waals surface area contributed by atoms with E-state index in [1.54, 1.807) is 7.11 Å². The van der Waals surface area contributed by atoms with Crippen molar-refractivity contribution in [2.45, 2.75) is 25.4 Å². The van der Waals surface area contributed by atoms with Crippen LogP contribution in [0.1, 0.15) is 12.8 Å². The normalized spacial score (nSPS) is 20.9. The maximum absolute atomic E-state index is 5.42. The van der Waals surface area contributed by atoms with Crippen molar-refractivity contribution in [1.82, 2.24) is 9.78 Å². The Labute approximate surface area is 95.7 Å². The molecule has 0 spiro atoms. The van der Waals surface area contributed by atoms with Crippen molar-refractivity contribution in [2.75, 3.05) is 32.2 Å². The first-order valence-electron chi connectivity index (χ1n) is 5.74. The van der Waals surface area contributed by atoms with Crippen LogP contribution in [-0.2, 0) is 16.0 Å². The topological polar surface area (TPSA) is 48.3 Å². The lowest BCUT2D eigenvalue weighted by Gasteiger charge is -2.23. The van der Waals surface area contributed by atoms with Crippen molar-refractivity contribution in [3.05, 3.63) is 12.4 Å². The summed E-state index contributed by atoms with van der Waals surface area (Å²) in [7, 11) is 1.70. The molecule has 5 nitrogen and oxygen atoms in total. The second-order valence-corrected chi connectivity index (χ2v) is 4.04. The Hall–Kier alpha value is -1.07. The van der Waals surface area contributed by atoms with Crippen LogP contribution in [0.25, 0.3) is 0 Å². The summed E-state index contributed by atoms with van der Waals surface area (Å²) in [5.41, 5.74) is 1.06. The van der Waals surface area contributed by atoms with E-state index in [2.05, 4.69) is 10.4 Å². The van der Waals surface area contributed by atoms with Crippen molar-refractivity contribution in [2.24, 2.45) is 0 Å². The van der Waals surface area contributed by atoms with Crippen molar-refractivity contribution in [3.8, 4) is 0 Å². The second-order valence-electron chi connectivity index (χ2n) is 4.04. The van der Waals surface area contributed by atoms with Gasteiger partial charge in [0, 0.05) is 26.0 Å². The highest BCUT2D eigenvalue weighted by molar-refractivity contribution is 5.39. The van der Waals surface area contributed by atoms with Crippen molar-refractivity contribution in [3.63, 3.8) is 0 Å². The molecule has 2 heterocycles. The van der Waals surface area contributed by atoms with E-state index < -0.39 is 0 Å². The molecule has 1 aliphatic heterocycles. The number of methoxy groups -OCH3 is 1. The molecule has 1 atom stereocenters. The number of aromatic nitrogens is 2. The van der Waals surface area contributed by atoms with Crippen LogP contribution in [0.5, 0.6) is 0 Å². The molecule has 0 saturated carbocycles. The maximum atomic E-state index is 5.42. The van der Waals surface area contributed by atoms with Crippen molar-refractivity contribution < 1.29 is 9.47 Å². The first kappa shape index (κ1) is 11.4. The van der Waals surface area contributed by atoms with Gasteiger partial charge >= 0.3 is 0 Å². The fourth-order valence-electron chi connectivity index (χ4n) is 1.84. The van der Waals surface area contributed by atoms with Gasteiger partial charge in [-0.25, -0.2) is 0 Å². The Morgan fingerprint density at radius 3 is 3.38 bits per heavy atom. The molecule has 1 aliphatic rings. The zero-order valence-corrected chi connectivity index (χ0v) is 9.69. The molecule has 0 aliphatic carbocycles. The average Bonchev–Trinajstić information content (AvgIpc) is 2.75. The number of nitrogens with one attached hydrogen (secondary N) is 1. The average molecular weight is 225 g/mol. The maximum Gasteiger partial charge on any atom is 0.0729 e. The number of hydrogen-bond donors (Lipinski definition) is 1. The van der Waals surface area contributed by atoms with Gasteiger partial charge < -0.3 is 14.8 Å². The predicted molar refractivity (Wildman–Crippen MR) is 61.6 cm³/mol. The molecule has 1 aromatic heterocycles. The van der Waals surface area contributed by atoms with Gasteiger partial charge in [0.2, 0.25) is 0 Å². The van der Waals surface area contributed by atoms with Crippen LogP contribution in [0, 0.1) is 0 Å². The number of ether oxygens (including phenoxy) is 2. The molecule has 2 rings (SSSR count). The monoisotopic (exact) mass is 225 g/mol. The van der Waals surface area contributed by atoms with Gasteiger partial charge in [-0.3, -0.25) is 4.68 Å². The van der Waals surface area contributed by atoms with Crippen molar-refractivity contribution >= 4 is 5.69 Å². The summed E-state index contributed by atoms with van der Waals surface area (Å²) in [6, 6.07) is 0.425. The molecule has 1 aromatic rings. The summed E-state index contributed by atoms with van der Waals surface area (Å²) in [6.07, 6.45) is 6.16. The van der Waals surface area contributed by atoms with Crippen LogP contribution >= 0.6 is 0 Å². The Kier molecular flexibility index (Phi) is 4.18. The van der Waals surface area contributed by atoms with E-state index in [9.17, 15) is 0 Å². The third-order valence-corrected chi connectivity index (χ3v) is 2.69. The minimum absolute atomic E-state index is 0.425. The lowest BCUT2D eigenvalue weighted by molar-refractivity contribution is 0.0876. The summed E-state index contributed by atoms with van der Waals surface area (Å²) in [5, 5.41) is 7.68. The fourth-order valence-corrected chi connectivity index (χ4v) is 1.84. The first-order chi connectivity index (χ1) is 7.88. The molecule has 1 saturated heterocycles. The molecular weight excluding hydrogens is 206 g/mol. The first-order valence-corrected chi connectivity index (χ1v) is 5.74. The van der Waals surface area contributed by atoms with E-state index in [1.165, 1.54) is 6.42 Å². The van der Waals surface area contributed by atoms with Crippen LogP contribution in [0.2, 0.25) is 0 Å². The van der Waals surface area contributed by atoms with Crippen LogP contribution in [0.4, 0.5) is 5.69 Å². The van der Waals surface area contributed by atoms with E-state index in [-0.39, 0.29) is 0 Å². The highest BCUT2D eigenvalue weighted by Crippen LogP contribution is 2.13. The second kappa shape index (κ2) is 5.86. The van der Waals surface area contributed by atoms with Crippen molar-refractivity contribution in [1.29, 1.82) is 0 Å². The van der Waals surface area contributed by atoms with Gasteiger partial charge in [0.05, 0.1) is 31.6 Å². The Morgan fingerprint density at radius 1 is 1.69 bits per heavy atom. The molecule has 90 valence electrons. The Morgan fingerprint density at radius 2 is 2.62 bits per heavy atom. The zero-order chi connectivity index (χ0) is 11.2. The molecule has 0 radical (unpaired) electrons. The predicted octanol–water partition coefficient (Wildman–Crippen LogP) is 1.12. The van der Waals surface area contributed by atoms with E-state index >= 15 is 0 Å². The third kappa shape index (κ3) is 3.21. The summed E-state index contributed by atoms with van der Waals surface area (Å²) < 4.78 is 12.3. The third-order valence-electron chi connectivity index (χ3n) is 2.69.